The lowest BCUT2D eigenvalue weighted by Crippen LogP contribution is -2.39. The Morgan fingerprint density at radius 3 is 2.63 bits per heavy atom. The summed E-state index contributed by atoms with van der Waals surface area (Å²) in [6, 6.07) is 9.61. The van der Waals surface area contributed by atoms with Gasteiger partial charge >= 0.3 is 0 Å². The summed E-state index contributed by atoms with van der Waals surface area (Å²) >= 11 is 0. The number of carbonyl (C=O) groups excluding carboxylic acids is 1. The predicted octanol–water partition coefficient (Wildman–Crippen LogP) is 3.07. The van der Waals surface area contributed by atoms with E-state index in [2.05, 4.69) is 22.2 Å². The van der Waals surface area contributed by atoms with Crippen LogP contribution in [0.15, 0.2) is 41.3 Å². The SMILES string of the molecule is CCCn1ncc(N2CCC(C(=O)Nc3ccccc3CC)CC2)cc1=O. The van der Waals surface area contributed by atoms with Crippen molar-refractivity contribution in [2.75, 3.05) is 23.3 Å². The highest BCUT2D eigenvalue weighted by Crippen LogP contribution is 2.24. The fraction of sp³-hybridized carbons (Fsp3) is 0.476. The number of amides is 1. The van der Waals surface area contributed by atoms with Crippen LogP contribution in [-0.4, -0.2) is 28.8 Å². The molecule has 27 heavy (non-hydrogen) atoms. The highest BCUT2D eigenvalue weighted by molar-refractivity contribution is 5.93. The molecule has 0 saturated carbocycles. The number of para-hydroxylation sites is 1. The summed E-state index contributed by atoms with van der Waals surface area (Å²) in [6.45, 7) is 6.27. The Morgan fingerprint density at radius 2 is 1.96 bits per heavy atom. The molecule has 1 amide bonds. The number of hydrogen-bond acceptors (Lipinski definition) is 4. The first-order valence-electron chi connectivity index (χ1n) is 9.83. The fourth-order valence-corrected chi connectivity index (χ4v) is 3.56. The summed E-state index contributed by atoms with van der Waals surface area (Å²) in [5.41, 5.74) is 2.85. The molecule has 0 spiro atoms. The number of aromatic nitrogens is 2. The van der Waals surface area contributed by atoms with Gasteiger partial charge in [0.2, 0.25) is 5.91 Å². The van der Waals surface area contributed by atoms with Crippen LogP contribution in [0, 0.1) is 5.92 Å². The van der Waals surface area contributed by atoms with Gasteiger partial charge in [0.15, 0.2) is 0 Å². The van der Waals surface area contributed by atoms with Gasteiger partial charge in [-0.15, -0.1) is 0 Å². The molecule has 6 heteroatoms. The first kappa shape index (κ1) is 19.1. The van der Waals surface area contributed by atoms with Gasteiger partial charge in [0.25, 0.3) is 5.56 Å². The molecule has 1 saturated heterocycles. The number of hydrogen-bond donors (Lipinski definition) is 1. The molecule has 1 aromatic carbocycles. The van der Waals surface area contributed by atoms with Crippen molar-refractivity contribution < 1.29 is 4.79 Å². The van der Waals surface area contributed by atoms with Gasteiger partial charge in [0.05, 0.1) is 11.9 Å². The number of carbonyl (C=O) groups is 1. The topological polar surface area (TPSA) is 67.2 Å². The molecule has 1 fully saturated rings. The minimum absolute atomic E-state index is 0.000386. The number of piperidine rings is 1. The summed E-state index contributed by atoms with van der Waals surface area (Å²) in [6.07, 6.45) is 5.09. The van der Waals surface area contributed by atoms with Crippen molar-refractivity contribution in [3.05, 3.63) is 52.4 Å². The maximum Gasteiger partial charge on any atom is 0.268 e. The van der Waals surface area contributed by atoms with Crippen molar-refractivity contribution in [1.82, 2.24) is 9.78 Å². The zero-order valence-electron chi connectivity index (χ0n) is 16.1. The van der Waals surface area contributed by atoms with Crippen LogP contribution in [0.25, 0.3) is 0 Å². The maximum absolute atomic E-state index is 12.7. The molecule has 0 aliphatic carbocycles. The molecule has 2 aromatic rings. The monoisotopic (exact) mass is 368 g/mol. The second kappa shape index (κ2) is 8.84. The second-order valence-corrected chi connectivity index (χ2v) is 7.04. The Hall–Kier alpha value is -2.63. The first-order chi connectivity index (χ1) is 13.1. The van der Waals surface area contributed by atoms with Gasteiger partial charge in [-0.1, -0.05) is 32.0 Å². The third-order valence-corrected chi connectivity index (χ3v) is 5.18. The molecular weight excluding hydrogens is 340 g/mol. The summed E-state index contributed by atoms with van der Waals surface area (Å²) in [5, 5.41) is 7.35. The molecule has 2 heterocycles. The van der Waals surface area contributed by atoms with E-state index < -0.39 is 0 Å². The van der Waals surface area contributed by atoms with E-state index in [1.807, 2.05) is 31.2 Å². The quantitative estimate of drug-likeness (QED) is 0.851. The van der Waals surface area contributed by atoms with Gasteiger partial charge in [-0.2, -0.15) is 5.10 Å². The second-order valence-electron chi connectivity index (χ2n) is 7.04. The lowest BCUT2D eigenvalue weighted by molar-refractivity contribution is -0.120. The molecule has 1 aromatic heterocycles. The predicted molar refractivity (Wildman–Crippen MR) is 108 cm³/mol. The number of anilines is 2. The van der Waals surface area contributed by atoms with Gasteiger partial charge in [-0.05, 0) is 37.3 Å². The minimum atomic E-state index is -0.0645. The van der Waals surface area contributed by atoms with Crippen LogP contribution in [0.4, 0.5) is 11.4 Å². The lowest BCUT2D eigenvalue weighted by Gasteiger charge is -2.32. The molecule has 0 atom stereocenters. The van der Waals surface area contributed by atoms with Crippen molar-refractivity contribution in [3.8, 4) is 0 Å². The number of nitrogens with one attached hydrogen (secondary N) is 1. The van der Waals surface area contributed by atoms with Crippen LogP contribution < -0.4 is 15.8 Å². The normalized spacial score (nSPS) is 15.0. The van der Waals surface area contributed by atoms with Gasteiger partial charge in [0.1, 0.15) is 0 Å². The molecule has 1 aliphatic heterocycles. The highest BCUT2D eigenvalue weighted by Gasteiger charge is 2.26. The van der Waals surface area contributed by atoms with Crippen molar-refractivity contribution in [1.29, 1.82) is 0 Å². The molecule has 6 nitrogen and oxygen atoms in total. The van der Waals surface area contributed by atoms with Crippen molar-refractivity contribution >= 4 is 17.3 Å². The molecule has 1 aliphatic rings. The summed E-state index contributed by atoms with van der Waals surface area (Å²) in [4.78, 5) is 26.9. The number of nitrogens with zero attached hydrogens (tertiary/aromatic N) is 3. The van der Waals surface area contributed by atoms with E-state index in [0.29, 0.717) is 6.54 Å². The van der Waals surface area contributed by atoms with Crippen LogP contribution in [0.3, 0.4) is 0 Å². The smallest absolute Gasteiger partial charge is 0.268 e. The summed E-state index contributed by atoms with van der Waals surface area (Å²) < 4.78 is 1.49. The summed E-state index contributed by atoms with van der Waals surface area (Å²) in [7, 11) is 0. The zero-order valence-corrected chi connectivity index (χ0v) is 16.1. The van der Waals surface area contributed by atoms with E-state index in [4.69, 9.17) is 0 Å². The van der Waals surface area contributed by atoms with Gasteiger partial charge in [-0.25, -0.2) is 4.68 Å². The molecule has 1 N–H and O–H groups in total. The minimum Gasteiger partial charge on any atom is -0.370 e. The van der Waals surface area contributed by atoms with E-state index in [0.717, 1.165) is 55.7 Å². The third-order valence-electron chi connectivity index (χ3n) is 5.18. The summed E-state index contributed by atoms with van der Waals surface area (Å²) in [5.74, 6) is 0.0895. The standard InChI is InChI=1S/C21H28N4O2/c1-3-11-25-20(26)14-18(15-22-25)24-12-9-17(10-13-24)21(27)23-19-8-6-5-7-16(19)4-2/h5-8,14-15,17H,3-4,9-13H2,1-2H3,(H,23,27). The van der Waals surface area contributed by atoms with E-state index in [1.54, 1.807) is 12.3 Å². The Kier molecular flexibility index (Phi) is 6.27. The average molecular weight is 368 g/mol. The van der Waals surface area contributed by atoms with Gasteiger partial charge < -0.3 is 10.2 Å². The van der Waals surface area contributed by atoms with E-state index in [-0.39, 0.29) is 17.4 Å². The third kappa shape index (κ3) is 4.56. The Labute approximate surface area is 160 Å². The number of aryl methyl sites for hydroxylation is 2. The number of benzene rings is 1. The van der Waals surface area contributed by atoms with Crippen molar-refractivity contribution in [3.63, 3.8) is 0 Å². The molecule has 3 rings (SSSR count). The lowest BCUT2D eigenvalue weighted by atomic mass is 9.95. The Morgan fingerprint density at radius 1 is 1.22 bits per heavy atom. The average Bonchev–Trinajstić information content (AvgIpc) is 2.70. The van der Waals surface area contributed by atoms with Crippen LogP contribution in [0.1, 0.15) is 38.7 Å². The maximum atomic E-state index is 12.7. The van der Waals surface area contributed by atoms with Crippen LogP contribution >= 0.6 is 0 Å². The van der Waals surface area contributed by atoms with Crippen molar-refractivity contribution in [2.45, 2.75) is 46.1 Å². The molecule has 144 valence electrons. The first-order valence-corrected chi connectivity index (χ1v) is 9.83. The Balaban J connectivity index is 1.59. The van der Waals surface area contributed by atoms with E-state index in [9.17, 15) is 9.59 Å². The van der Waals surface area contributed by atoms with Crippen LogP contribution in [-0.2, 0) is 17.8 Å². The van der Waals surface area contributed by atoms with Crippen molar-refractivity contribution in [2.24, 2.45) is 5.92 Å². The zero-order chi connectivity index (χ0) is 19.2. The molecule has 0 unspecified atom stereocenters. The fourth-order valence-electron chi connectivity index (χ4n) is 3.56. The van der Waals surface area contributed by atoms with Crippen LogP contribution in [0.2, 0.25) is 0 Å². The van der Waals surface area contributed by atoms with Gasteiger partial charge in [-0.3, -0.25) is 9.59 Å². The van der Waals surface area contributed by atoms with E-state index >= 15 is 0 Å². The molecule has 0 bridgehead atoms. The van der Waals surface area contributed by atoms with Crippen LogP contribution in [0.5, 0.6) is 0 Å². The largest absolute Gasteiger partial charge is 0.370 e. The Bertz CT molecular complexity index is 838. The number of rotatable bonds is 6. The van der Waals surface area contributed by atoms with Gasteiger partial charge in [0, 0.05) is 37.3 Å². The highest BCUT2D eigenvalue weighted by atomic mass is 16.2. The molecular formula is C21H28N4O2. The molecule has 0 radical (unpaired) electrons. The van der Waals surface area contributed by atoms with E-state index in [1.165, 1.54) is 4.68 Å².